The number of anilines is 2. The van der Waals surface area contributed by atoms with Gasteiger partial charge in [0.05, 0.1) is 6.54 Å². The Morgan fingerprint density at radius 1 is 1.28 bits per heavy atom. The third-order valence-corrected chi connectivity index (χ3v) is 2.04. The van der Waals surface area contributed by atoms with Crippen LogP contribution in [0.1, 0.15) is 19.2 Å². The quantitative estimate of drug-likeness (QED) is 0.749. The van der Waals surface area contributed by atoms with Crippen molar-refractivity contribution in [3.05, 3.63) is 11.9 Å². The number of alkyl halides is 2. The van der Waals surface area contributed by atoms with E-state index in [-0.39, 0.29) is 6.61 Å². The summed E-state index contributed by atoms with van der Waals surface area (Å²) < 4.78 is 29.2. The number of methoxy groups -OCH3 is 1. The van der Waals surface area contributed by atoms with Crippen molar-refractivity contribution in [2.45, 2.75) is 26.4 Å². The molecule has 1 aromatic heterocycles. The molecule has 2 N–H and O–H groups in total. The van der Waals surface area contributed by atoms with Gasteiger partial charge in [-0.2, -0.15) is 0 Å². The van der Waals surface area contributed by atoms with Crippen molar-refractivity contribution in [3.63, 3.8) is 0 Å². The zero-order valence-corrected chi connectivity index (χ0v) is 10.5. The lowest BCUT2D eigenvalue weighted by Crippen LogP contribution is -2.14. The van der Waals surface area contributed by atoms with Crippen LogP contribution in [0.4, 0.5) is 20.4 Å². The SMILES string of the molecule is CCCNc1cc(NCC(F)F)nc(COC)n1. The minimum Gasteiger partial charge on any atom is -0.377 e. The summed E-state index contributed by atoms with van der Waals surface area (Å²) in [4.78, 5) is 8.30. The van der Waals surface area contributed by atoms with E-state index < -0.39 is 13.0 Å². The molecule has 0 aliphatic heterocycles. The molecule has 0 atom stereocenters. The van der Waals surface area contributed by atoms with Crippen LogP contribution in [-0.4, -0.2) is 36.6 Å². The molecule has 0 aliphatic rings. The van der Waals surface area contributed by atoms with Gasteiger partial charge in [0, 0.05) is 19.7 Å². The molecule has 0 bridgehead atoms. The smallest absolute Gasteiger partial charge is 0.255 e. The predicted molar refractivity (Wildman–Crippen MR) is 66.0 cm³/mol. The molecule has 0 aromatic carbocycles. The van der Waals surface area contributed by atoms with E-state index in [1.165, 1.54) is 7.11 Å². The fourth-order valence-electron chi connectivity index (χ4n) is 1.31. The highest BCUT2D eigenvalue weighted by Gasteiger charge is 2.07. The van der Waals surface area contributed by atoms with Gasteiger partial charge in [-0.15, -0.1) is 0 Å². The summed E-state index contributed by atoms with van der Waals surface area (Å²) in [7, 11) is 1.53. The molecule has 1 heterocycles. The summed E-state index contributed by atoms with van der Waals surface area (Å²) in [6, 6.07) is 1.61. The Bertz CT molecular complexity index is 363. The summed E-state index contributed by atoms with van der Waals surface area (Å²) in [5.41, 5.74) is 0. The molecule has 0 fully saturated rings. The van der Waals surface area contributed by atoms with E-state index in [1.807, 2.05) is 6.92 Å². The van der Waals surface area contributed by atoms with Crippen LogP contribution in [0.5, 0.6) is 0 Å². The highest BCUT2D eigenvalue weighted by atomic mass is 19.3. The Balaban J connectivity index is 2.76. The Labute approximate surface area is 105 Å². The third kappa shape index (κ3) is 5.22. The standard InChI is InChI=1S/C11H18F2N4O/c1-3-4-14-9-5-10(15-6-8(12)13)17-11(16-9)7-18-2/h5,8H,3-4,6-7H2,1-2H3,(H2,14,15,16,17). The highest BCUT2D eigenvalue weighted by Crippen LogP contribution is 2.12. The van der Waals surface area contributed by atoms with Crippen molar-refractivity contribution >= 4 is 11.6 Å². The van der Waals surface area contributed by atoms with Crippen LogP contribution < -0.4 is 10.6 Å². The zero-order valence-electron chi connectivity index (χ0n) is 10.5. The van der Waals surface area contributed by atoms with Crippen LogP contribution in [0.2, 0.25) is 0 Å². The minimum atomic E-state index is -2.42. The molecular formula is C11H18F2N4O. The van der Waals surface area contributed by atoms with Crippen molar-refractivity contribution < 1.29 is 13.5 Å². The van der Waals surface area contributed by atoms with Gasteiger partial charge < -0.3 is 15.4 Å². The molecule has 0 unspecified atom stereocenters. The van der Waals surface area contributed by atoms with Crippen molar-refractivity contribution in [2.24, 2.45) is 0 Å². The van der Waals surface area contributed by atoms with Crippen LogP contribution in [-0.2, 0) is 11.3 Å². The minimum absolute atomic E-state index is 0.241. The van der Waals surface area contributed by atoms with Gasteiger partial charge in [-0.05, 0) is 6.42 Å². The molecular weight excluding hydrogens is 242 g/mol. The second-order valence-corrected chi connectivity index (χ2v) is 3.69. The lowest BCUT2D eigenvalue weighted by Gasteiger charge is -2.10. The number of halogens is 2. The first-order valence-electron chi connectivity index (χ1n) is 5.78. The maximum absolute atomic E-state index is 12.1. The second-order valence-electron chi connectivity index (χ2n) is 3.69. The second kappa shape index (κ2) is 7.75. The van der Waals surface area contributed by atoms with Gasteiger partial charge in [0.15, 0.2) is 5.82 Å². The first-order chi connectivity index (χ1) is 8.65. The molecule has 5 nitrogen and oxygen atoms in total. The van der Waals surface area contributed by atoms with E-state index in [2.05, 4.69) is 20.6 Å². The van der Waals surface area contributed by atoms with Crippen LogP contribution in [0.25, 0.3) is 0 Å². The molecule has 7 heteroatoms. The summed E-state index contributed by atoms with van der Waals surface area (Å²) in [5.74, 6) is 1.43. The highest BCUT2D eigenvalue weighted by molar-refractivity contribution is 5.47. The lowest BCUT2D eigenvalue weighted by atomic mass is 10.4. The molecule has 1 rings (SSSR count). The van der Waals surface area contributed by atoms with Crippen molar-refractivity contribution in [3.8, 4) is 0 Å². The molecule has 0 spiro atoms. The van der Waals surface area contributed by atoms with Crippen LogP contribution >= 0.6 is 0 Å². The monoisotopic (exact) mass is 260 g/mol. The number of aromatic nitrogens is 2. The number of ether oxygens (including phenoxy) is 1. The molecule has 102 valence electrons. The number of hydrogen-bond donors (Lipinski definition) is 2. The van der Waals surface area contributed by atoms with Gasteiger partial charge in [-0.25, -0.2) is 18.7 Å². The van der Waals surface area contributed by atoms with Crippen LogP contribution in [0.3, 0.4) is 0 Å². The predicted octanol–water partition coefficient (Wildman–Crippen LogP) is 2.12. The Hall–Kier alpha value is -1.50. The topological polar surface area (TPSA) is 59.1 Å². The number of hydrogen-bond acceptors (Lipinski definition) is 5. The maximum atomic E-state index is 12.1. The molecule has 0 saturated heterocycles. The Morgan fingerprint density at radius 2 is 1.94 bits per heavy atom. The molecule has 0 aliphatic carbocycles. The summed E-state index contributed by atoms with van der Waals surface area (Å²) in [5, 5.41) is 5.65. The summed E-state index contributed by atoms with van der Waals surface area (Å²) in [6.45, 7) is 2.60. The van der Waals surface area contributed by atoms with Crippen molar-refractivity contribution in [1.29, 1.82) is 0 Å². The van der Waals surface area contributed by atoms with E-state index in [1.54, 1.807) is 6.07 Å². The van der Waals surface area contributed by atoms with E-state index in [0.29, 0.717) is 17.5 Å². The van der Waals surface area contributed by atoms with Gasteiger partial charge in [0.2, 0.25) is 0 Å². The van der Waals surface area contributed by atoms with Gasteiger partial charge in [0.25, 0.3) is 6.43 Å². The number of nitrogens with zero attached hydrogens (tertiary/aromatic N) is 2. The average molecular weight is 260 g/mol. The lowest BCUT2D eigenvalue weighted by molar-refractivity contribution is 0.163. The molecule has 18 heavy (non-hydrogen) atoms. The molecule has 0 saturated carbocycles. The molecule has 0 radical (unpaired) electrons. The normalized spacial score (nSPS) is 10.7. The van der Waals surface area contributed by atoms with Crippen molar-refractivity contribution in [2.75, 3.05) is 30.8 Å². The Morgan fingerprint density at radius 3 is 2.50 bits per heavy atom. The zero-order chi connectivity index (χ0) is 13.4. The maximum Gasteiger partial charge on any atom is 0.255 e. The summed E-state index contributed by atoms with van der Waals surface area (Å²) in [6.07, 6.45) is -1.47. The van der Waals surface area contributed by atoms with E-state index in [9.17, 15) is 8.78 Å². The number of rotatable bonds is 8. The van der Waals surface area contributed by atoms with Crippen molar-refractivity contribution in [1.82, 2.24) is 9.97 Å². The fourth-order valence-corrected chi connectivity index (χ4v) is 1.31. The van der Waals surface area contributed by atoms with E-state index >= 15 is 0 Å². The first-order valence-corrected chi connectivity index (χ1v) is 5.78. The van der Waals surface area contributed by atoms with Crippen LogP contribution in [0.15, 0.2) is 6.07 Å². The summed E-state index contributed by atoms with van der Waals surface area (Å²) >= 11 is 0. The van der Waals surface area contributed by atoms with E-state index in [4.69, 9.17) is 4.74 Å². The van der Waals surface area contributed by atoms with Gasteiger partial charge in [-0.3, -0.25) is 0 Å². The molecule has 1 aromatic rings. The van der Waals surface area contributed by atoms with Gasteiger partial charge in [0.1, 0.15) is 18.2 Å². The Kier molecular flexibility index (Phi) is 6.27. The largest absolute Gasteiger partial charge is 0.377 e. The fraction of sp³-hybridized carbons (Fsp3) is 0.636. The van der Waals surface area contributed by atoms with Crippen LogP contribution in [0, 0.1) is 0 Å². The van der Waals surface area contributed by atoms with E-state index in [0.717, 1.165) is 13.0 Å². The third-order valence-electron chi connectivity index (χ3n) is 2.04. The first kappa shape index (κ1) is 14.6. The average Bonchev–Trinajstić information content (AvgIpc) is 2.34. The number of nitrogens with one attached hydrogen (secondary N) is 2. The van der Waals surface area contributed by atoms with Gasteiger partial charge in [-0.1, -0.05) is 6.92 Å². The van der Waals surface area contributed by atoms with Gasteiger partial charge >= 0.3 is 0 Å². The molecule has 0 amide bonds.